The van der Waals surface area contributed by atoms with Crippen LogP contribution in [0.3, 0.4) is 0 Å². The lowest BCUT2D eigenvalue weighted by atomic mass is 9.83. The Morgan fingerprint density at radius 3 is 1.21 bits per heavy atom. The molecule has 1 rings (SSSR count). The van der Waals surface area contributed by atoms with E-state index in [1.54, 1.807) is 6.92 Å². The molecular formula is C20H42O8. The second-order valence-electron chi connectivity index (χ2n) is 6.59. The number of aliphatic hydroxyl groups is 4. The summed E-state index contributed by atoms with van der Waals surface area (Å²) in [6.45, 7) is 6.86. The van der Waals surface area contributed by atoms with Gasteiger partial charge in [-0.2, -0.15) is 0 Å². The van der Waals surface area contributed by atoms with Crippen molar-refractivity contribution in [3.63, 3.8) is 0 Å². The van der Waals surface area contributed by atoms with Gasteiger partial charge < -0.3 is 39.4 Å². The molecule has 0 aliphatic heterocycles. The molecule has 0 aromatic rings. The van der Waals surface area contributed by atoms with Gasteiger partial charge in [-0.3, -0.25) is 0 Å². The minimum atomic E-state index is 0.0413. The van der Waals surface area contributed by atoms with E-state index in [-0.39, 0.29) is 19.0 Å². The number of ether oxygens (including phenoxy) is 3. The highest BCUT2D eigenvalue weighted by atomic mass is 16.5. The van der Waals surface area contributed by atoms with Crippen molar-refractivity contribution >= 4 is 5.78 Å². The Morgan fingerprint density at radius 2 is 1.00 bits per heavy atom. The molecule has 0 amide bonds. The first-order valence-electron chi connectivity index (χ1n) is 10.2. The maximum absolute atomic E-state index is 9.81. The van der Waals surface area contributed by atoms with Crippen LogP contribution in [-0.4, -0.2) is 92.3 Å². The summed E-state index contributed by atoms with van der Waals surface area (Å²) < 4.78 is 15.0. The fourth-order valence-electron chi connectivity index (χ4n) is 2.27. The van der Waals surface area contributed by atoms with Crippen LogP contribution in [0.25, 0.3) is 0 Å². The second kappa shape index (κ2) is 24.4. The standard InChI is InChI=1S/C8H18O5.C8H16O2.C4H8O/c9-1-3-11-5-7-13-8-6-12-4-2-10;9-5-7-1-2-8(6-10)4-3-7;1-3-4(2)5/h9-10H,1-8H2;7-10H,1-6H2;3H2,1-2H3. The quantitative estimate of drug-likeness (QED) is 0.328. The summed E-state index contributed by atoms with van der Waals surface area (Å²) in [5.74, 6) is 1.29. The number of aliphatic hydroxyl groups excluding tert-OH is 4. The molecule has 0 bridgehead atoms. The molecule has 0 saturated heterocycles. The average Bonchev–Trinajstić information content (AvgIpc) is 2.73. The largest absolute Gasteiger partial charge is 0.396 e. The van der Waals surface area contributed by atoms with Gasteiger partial charge in [0.05, 0.1) is 52.9 Å². The Labute approximate surface area is 169 Å². The Balaban J connectivity index is 0. The molecule has 4 N–H and O–H groups in total. The average molecular weight is 411 g/mol. The molecule has 8 nitrogen and oxygen atoms in total. The molecule has 0 heterocycles. The molecule has 1 saturated carbocycles. The van der Waals surface area contributed by atoms with E-state index in [1.165, 1.54) is 0 Å². The first kappa shape index (κ1) is 29.6. The van der Waals surface area contributed by atoms with Crippen LogP contribution in [0.5, 0.6) is 0 Å². The zero-order valence-electron chi connectivity index (χ0n) is 17.7. The lowest BCUT2D eigenvalue weighted by molar-refractivity contribution is -0.116. The van der Waals surface area contributed by atoms with E-state index >= 15 is 0 Å². The summed E-state index contributed by atoms with van der Waals surface area (Å²) in [5, 5.41) is 34.3. The van der Waals surface area contributed by atoms with Crippen LogP contribution in [0, 0.1) is 11.8 Å². The lowest BCUT2D eigenvalue weighted by Gasteiger charge is -2.25. The highest BCUT2D eigenvalue weighted by molar-refractivity contribution is 5.74. The number of Topliss-reactive ketones (excluding diaryl/α,β-unsaturated/α-hetero) is 1. The van der Waals surface area contributed by atoms with Gasteiger partial charge in [0.1, 0.15) is 5.78 Å². The molecule has 8 heteroatoms. The smallest absolute Gasteiger partial charge is 0.129 e. The van der Waals surface area contributed by atoms with Crippen molar-refractivity contribution in [2.75, 3.05) is 66.1 Å². The van der Waals surface area contributed by atoms with Gasteiger partial charge >= 0.3 is 0 Å². The maximum atomic E-state index is 9.81. The Bertz CT molecular complexity index is 285. The molecule has 170 valence electrons. The normalized spacial score (nSPS) is 18.5. The van der Waals surface area contributed by atoms with Crippen molar-refractivity contribution < 1.29 is 39.4 Å². The fourth-order valence-corrected chi connectivity index (χ4v) is 2.27. The van der Waals surface area contributed by atoms with E-state index in [2.05, 4.69) is 0 Å². The maximum Gasteiger partial charge on any atom is 0.129 e. The summed E-state index contributed by atoms with van der Waals surface area (Å²) in [4.78, 5) is 9.81. The minimum absolute atomic E-state index is 0.0413. The zero-order valence-corrected chi connectivity index (χ0v) is 17.7. The highest BCUT2D eigenvalue weighted by Crippen LogP contribution is 2.27. The van der Waals surface area contributed by atoms with Crippen LogP contribution in [0.1, 0.15) is 46.0 Å². The van der Waals surface area contributed by atoms with Gasteiger partial charge in [-0.15, -0.1) is 0 Å². The molecule has 0 atom stereocenters. The predicted octanol–water partition coefficient (Wildman–Crippen LogP) is 0.784. The van der Waals surface area contributed by atoms with Crippen LogP contribution < -0.4 is 0 Å². The molecule has 1 aliphatic rings. The summed E-state index contributed by atoms with van der Waals surface area (Å²) in [6, 6.07) is 0. The van der Waals surface area contributed by atoms with Crippen LogP contribution in [0.2, 0.25) is 0 Å². The van der Waals surface area contributed by atoms with Crippen LogP contribution in [-0.2, 0) is 19.0 Å². The first-order valence-corrected chi connectivity index (χ1v) is 10.2. The van der Waals surface area contributed by atoms with Gasteiger partial charge in [0.2, 0.25) is 0 Å². The van der Waals surface area contributed by atoms with E-state index in [0.29, 0.717) is 71.1 Å². The van der Waals surface area contributed by atoms with Gasteiger partial charge in [0.25, 0.3) is 0 Å². The molecule has 0 unspecified atom stereocenters. The summed E-state index contributed by atoms with van der Waals surface area (Å²) in [6.07, 6.45) is 5.06. The van der Waals surface area contributed by atoms with E-state index in [9.17, 15) is 4.79 Å². The molecular weight excluding hydrogens is 368 g/mol. The van der Waals surface area contributed by atoms with Crippen molar-refractivity contribution in [2.45, 2.75) is 46.0 Å². The van der Waals surface area contributed by atoms with Gasteiger partial charge in [0.15, 0.2) is 0 Å². The number of hydrogen-bond acceptors (Lipinski definition) is 8. The molecule has 0 spiro atoms. The van der Waals surface area contributed by atoms with Crippen LogP contribution in [0.4, 0.5) is 0 Å². The lowest BCUT2D eigenvalue weighted by Crippen LogP contribution is -2.19. The van der Waals surface area contributed by atoms with Crippen molar-refractivity contribution in [1.29, 1.82) is 0 Å². The molecule has 0 radical (unpaired) electrons. The number of carbonyl (C=O) groups excluding carboxylic acids is 1. The SMILES string of the molecule is CCC(C)=O.OCC1CCC(CO)CC1.OCCOCCOCCOCCO. The first-order chi connectivity index (χ1) is 13.5. The van der Waals surface area contributed by atoms with E-state index in [1.807, 2.05) is 6.92 Å². The van der Waals surface area contributed by atoms with Crippen molar-refractivity contribution in [3.8, 4) is 0 Å². The van der Waals surface area contributed by atoms with Crippen molar-refractivity contribution in [1.82, 2.24) is 0 Å². The molecule has 28 heavy (non-hydrogen) atoms. The Morgan fingerprint density at radius 1 is 0.714 bits per heavy atom. The third kappa shape index (κ3) is 23.4. The van der Waals surface area contributed by atoms with E-state index in [4.69, 9.17) is 34.6 Å². The number of rotatable bonds is 13. The summed E-state index contributed by atoms with van der Waals surface area (Å²) in [7, 11) is 0. The second-order valence-corrected chi connectivity index (χ2v) is 6.59. The number of hydrogen-bond donors (Lipinski definition) is 4. The van der Waals surface area contributed by atoms with Crippen molar-refractivity contribution in [2.24, 2.45) is 11.8 Å². The third-order valence-corrected chi connectivity index (χ3v) is 4.20. The van der Waals surface area contributed by atoms with Gasteiger partial charge in [0, 0.05) is 19.6 Å². The molecule has 0 aromatic carbocycles. The van der Waals surface area contributed by atoms with E-state index in [0.717, 1.165) is 25.7 Å². The summed E-state index contributed by atoms with van der Waals surface area (Å²) in [5.41, 5.74) is 0. The summed E-state index contributed by atoms with van der Waals surface area (Å²) >= 11 is 0. The van der Waals surface area contributed by atoms with E-state index < -0.39 is 0 Å². The third-order valence-electron chi connectivity index (χ3n) is 4.20. The zero-order chi connectivity index (χ0) is 21.5. The molecule has 1 fully saturated rings. The molecule has 0 aromatic heterocycles. The number of ketones is 1. The van der Waals surface area contributed by atoms with Gasteiger partial charge in [-0.05, 0) is 44.4 Å². The number of carbonyl (C=O) groups is 1. The topological polar surface area (TPSA) is 126 Å². The Kier molecular flexibility index (Phi) is 25.8. The molecule has 1 aliphatic carbocycles. The monoisotopic (exact) mass is 410 g/mol. The van der Waals surface area contributed by atoms with Gasteiger partial charge in [-0.25, -0.2) is 0 Å². The van der Waals surface area contributed by atoms with Crippen molar-refractivity contribution in [3.05, 3.63) is 0 Å². The fraction of sp³-hybridized carbons (Fsp3) is 0.950. The highest BCUT2D eigenvalue weighted by Gasteiger charge is 2.19. The predicted molar refractivity (Wildman–Crippen MR) is 107 cm³/mol. The van der Waals surface area contributed by atoms with Crippen LogP contribution in [0.15, 0.2) is 0 Å². The minimum Gasteiger partial charge on any atom is -0.396 e. The van der Waals surface area contributed by atoms with Gasteiger partial charge in [-0.1, -0.05) is 6.92 Å². The van der Waals surface area contributed by atoms with Crippen LogP contribution >= 0.6 is 0 Å². The Hall–Kier alpha value is -0.610.